The Hall–Kier alpha value is -1.52. The van der Waals surface area contributed by atoms with Crippen molar-refractivity contribution in [3.05, 3.63) is 12.7 Å². The van der Waals surface area contributed by atoms with Gasteiger partial charge in [0.1, 0.15) is 12.6 Å². The lowest BCUT2D eigenvalue weighted by Crippen LogP contribution is -2.43. The van der Waals surface area contributed by atoms with E-state index in [0.717, 1.165) is 19.3 Å². The molecule has 0 aromatic heterocycles. The molecular formula is C12H17NO4. The van der Waals surface area contributed by atoms with Crippen LogP contribution < -0.4 is 0 Å². The summed E-state index contributed by atoms with van der Waals surface area (Å²) in [6.45, 7) is 4.09. The van der Waals surface area contributed by atoms with Gasteiger partial charge in [0.05, 0.1) is 0 Å². The fourth-order valence-electron chi connectivity index (χ4n) is 3.02. The van der Waals surface area contributed by atoms with Crippen LogP contribution in [0, 0.1) is 11.8 Å². The van der Waals surface area contributed by atoms with Crippen molar-refractivity contribution in [2.75, 3.05) is 13.2 Å². The second-order valence-corrected chi connectivity index (χ2v) is 4.66. The molecule has 2 rings (SSSR count). The third kappa shape index (κ3) is 2.14. The van der Waals surface area contributed by atoms with Gasteiger partial charge in [0.2, 0.25) is 0 Å². The predicted octanol–water partition coefficient (Wildman–Crippen LogP) is 1.49. The molecule has 1 heterocycles. The van der Waals surface area contributed by atoms with Crippen LogP contribution >= 0.6 is 0 Å². The molecule has 0 aromatic rings. The first-order chi connectivity index (χ1) is 8.15. The molecule has 1 N–H and O–H groups in total. The van der Waals surface area contributed by atoms with Gasteiger partial charge in [-0.25, -0.2) is 9.59 Å². The second kappa shape index (κ2) is 4.77. The first-order valence-electron chi connectivity index (χ1n) is 5.92. The second-order valence-electron chi connectivity index (χ2n) is 4.66. The van der Waals surface area contributed by atoms with Gasteiger partial charge in [-0.3, -0.25) is 4.90 Å². The molecule has 5 heteroatoms. The number of likely N-dealkylation sites (tertiary alicyclic amines) is 1. The monoisotopic (exact) mass is 239 g/mol. The highest BCUT2D eigenvalue weighted by Crippen LogP contribution is 2.42. The Kier molecular flexibility index (Phi) is 3.36. The molecule has 1 saturated heterocycles. The highest BCUT2D eigenvalue weighted by Gasteiger charge is 2.50. The van der Waals surface area contributed by atoms with Gasteiger partial charge >= 0.3 is 12.1 Å². The highest BCUT2D eigenvalue weighted by atomic mass is 16.6. The largest absolute Gasteiger partial charge is 0.480 e. The number of carboxylic acids is 1. The molecule has 0 aromatic carbocycles. The molecule has 17 heavy (non-hydrogen) atoms. The van der Waals surface area contributed by atoms with Crippen LogP contribution in [-0.2, 0) is 9.53 Å². The van der Waals surface area contributed by atoms with E-state index < -0.39 is 18.1 Å². The molecule has 94 valence electrons. The molecule has 1 saturated carbocycles. The zero-order chi connectivity index (χ0) is 12.4. The Morgan fingerprint density at radius 3 is 2.88 bits per heavy atom. The SMILES string of the molecule is C=CCOC(=O)N1C[C@H]2CCC[C@H]2[C@@H]1C(=O)O. The first-order valence-corrected chi connectivity index (χ1v) is 5.92. The summed E-state index contributed by atoms with van der Waals surface area (Å²) in [5.74, 6) is -0.494. The summed E-state index contributed by atoms with van der Waals surface area (Å²) in [5.41, 5.74) is 0. The van der Waals surface area contributed by atoms with E-state index in [9.17, 15) is 14.7 Å². The quantitative estimate of drug-likeness (QED) is 0.758. The molecule has 5 nitrogen and oxygen atoms in total. The van der Waals surface area contributed by atoms with Gasteiger partial charge in [0.25, 0.3) is 0 Å². The number of carboxylic acid groups (broad SMARTS) is 1. The number of fused-ring (bicyclic) bond motifs is 1. The van der Waals surface area contributed by atoms with E-state index in [1.54, 1.807) is 0 Å². The topological polar surface area (TPSA) is 66.8 Å². The lowest BCUT2D eigenvalue weighted by molar-refractivity contribution is -0.143. The van der Waals surface area contributed by atoms with Crippen molar-refractivity contribution in [2.45, 2.75) is 25.3 Å². The predicted molar refractivity (Wildman–Crippen MR) is 60.5 cm³/mol. The molecule has 1 amide bonds. The summed E-state index contributed by atoms with van der Waals surface area (Å²) >= 11 is 0. The van der Waals surface area contributed by atoms with Gasteiger partial charge in [-0.1, -0.05) is 19.1 Å². The number of aliphatic carboxylic acids is 1. The lowest BCUT2D eigenvalue weighted by atomic mass is 9.94. The van der Waals surface area contributed by atoms with Crippen LogP contribution in [0.1, 0.15) is 19.3 Å². The van der Waals surface area contributed by atoms with Gasteiger partial charge < -0.3 is 9.84 Å². The van der Waals surface area contributed by atoms with E-state index in [1.165, 1.54) is 11.0 Å². The molecule has 1 aliphatic carbocycles. The number of nitrogens with zero attached hydrogens (tertiary/aromatic N) is 1. The van der Waals surface area contributed by atoms with Crippen molar-refractivity contribution in [1.82, 2.24) is 4.90 Å². The van der Waals surface area contributed by atoms with Gasteiger partial charge in [-0.15, -0.1) is 0 Å². The third-order valence-electron chi connectivity index (χ3n) is 3.70. The van der Waals surface area contributed by atoms with Crippen molar-refractivity contribution >= 4 is 12.1 Å². The Morgan fingerprint density at radius 2 is 2.24 bits per heavy atom. The standard InChI is InChI=1S/C12H17NO4/c1-2-6-17-12(16)13-7-8-4-3-5-9(8)10(13)11(14)15/h2,8-10H,1,3-7H2,(H,14,15)/t8-,9-,10-/m1/s1. The molecule has 0 spiro atoms. The highest BCUT2D eigenvalue weighted by molar-refractivity contribution is 5.81. The van der Waals surface area contributed by atoms with Crippen LogP contribution in [0.2, 0.25) is 0 Å². The summed E-state index contributed by atoms with van der Waals surface area (Å²) in [6, 6.07) is -0.709. The normalized spacial score (nSPS) is 31.1. The van der Waals surface area contributed by atoms with Crippen LogP contribution in [-0.4, -0.2) is 41.3 Å². The number of carbonyl (C=O) groups excluding carboxylic acids is 1. The summed E-state index contributed by atoms with van der Waals surface area (Å²) in [4.78, 5) is 24.4. The molecule has 3 atom stereocenters. The Balaban J connectivity index is 2.08. The van der Waals surface area contributed by atoms with E-state index in [-0.39, 0.29) is 12.5 Å². The Labute approximate surface area is 100 Å². The number of rotatable bonds is 3. The Morgan fingerprint density at radius 1 is 1.47 bits per heavy atom. The molecule has 0 unspecified atom stereocenters. The maximum atomic E-state index is 11.7. The number of ether oxygens (including phenoxy) is 1. The van der Waals surface area contributed by atoms with E-state index in [0.29, 0.717) is 12.5 Å². The summed E-state index contributed by atoms with van der Waals surface area (Å²) in [7, 11) is 0. The number of hydrogen-bond acceptors (Lipinski definition) is 3. The molecule has 0 bridgehead atoms. The third-order valence-corrected chi connectivity index (χ3v) is 3.70. The van der Waals surface area contributed by atoms with Crippen molar-refractivity contribution in [3.8, 4) is 0 Å². The average molecular weight is 239 g/mol. The minimum Gasteiger partial charge on any atom is -0.480 e. The summed E-state index contributed by atoms with van der Waals surface area (Å²) in [6.07, 6.45) is 3.91. The minimum absolute atomic E-state index is 0.101. The summed E-state index contributed by atoms with van der Waals surface area (Å²) < 4.78 is 4.93. The molecule has 1 aliphatic heterocycles. The van der Waals surface area contributed by atoms with Crippen LogP contribution in [0.4, 0.5) is 4.79 Å². The van der Waals surface area contributed by atoms with Crippen LogP contribution in [0.15, 0.2) is 12.7 Å². The zero-order valence-corrected chi connectivity index (χ0v) is 9.67. The maximum Gasteiger partial charge on any atom is 0.410 e. The molecule has 0 radical (unpaired) electrons. The van der Waals surface area contributed by atoms with Crippen molar-refractivity contribution in [3.63, 3.8) is 0 Å². The van der Waals surface area contributed by atoms with Crippen molar-refractivity contribution in [2.24, 2.45) is 11.8 Å². The van der Waals surface area contributed by atoms with E-state index in [1.807, 2.05) is 0 Å². The van der Waals surface area contributed by atoms with E-state index in [4.69, 9.17) is 4.74 Å². The van der Waals surface area contributed by atoms with Crippen molar-refractivity contribution in [1.29, 1.82) is 0 Å². The van der Waals surface area contributed by atoms with Gasteiger partial charge in [-0.05, 0) is 24.7 Å². The first kappa shape index (κ1) is 12.0. The van der Waals surface area contributed by atoms with Gasteiger partial charge in [-0.2, -0.15) is 0 Å². The van der Waals surface area contributed by atoms with E-state index >= 15 is 0 Å². The minimum atomic E-state index is -0.921. The van der Waals surface area contributed by atoms with Crippen molar-refractivity contribution < 1.29 is 19.4 Å². The smallest absolute Gasteiger partial charge is 0.410 e. The fraction of sp³-hybridized carbons (Fsp3) is 0.667. The van der Waals surface area contributed by atoms with Crippen LogP contribution in [0.5, 0.6) is 0 Å². The maximum absolute atomic E-state index is 11.7. The molecule has 2 fully saturated rings. The molecular weight excluding hydrogens is 222 g/mol. The summed E-state index contributed by atoms with van der Waals surface area (Å²) in [5, 5.41) is 9.24. The number of hydrogen-bond donors (Lipinski definition) is 1. The zero-order valence-electron chi connectivity index (χ0n) is 9.67. The number of carbonyl (C=O) groups is 2. The van der Waals surface area contributed by atoms with Gasteiger partial charge in [0.15, 0.2) is 0 Å². The van der Waals surface area contributed by atoms with Crippen LogP contribution in [0.25, 0.3) is 0 Å². The van der Waals surface area contributed by atoms with E-state index in [2.05, 4.69) is 6.58 Å². The average Bonchev–Trinajstić information content (AvgIpc) is 2.83. The van der Waals surface area contributed by atoms with Gasteiger partial charge in [0, 0.05) is 6.54 Å². The fourth-order valence-corrected chi connectivity index (χ4v) is 3.02. The van der Waals surface area contributed by atoms with Crippen LogP contribution in [0.3, 0.4) is 0 Å². The molecule has 2 aliphatic rings. The lowest BCUT2D eigenvalue weighted by Gasteiger charge is -2.23. The number of amides is 1. The Bertz CT molecular complexity index is 341.